The Morgan fingerprint density at radius 2 is 1.81 bits per heavy atom. The molecule has 2 N–H and O–H groups in total. The zero-order valence-corrected chi connectivity index (χ0v) is 18.0. The number of nitrogens with one attached hydrogen (secondary N) is 2. The molecule has 0 radical (unpaired) electrons. The van der Waals surface area contributed by atoms with E-state index >= 15 is 0 Å². The second-order valence-corrected chi connectivity index (χ2v) is 6.66. The maximum Gasteiger partial charge on any atom is 0.277 e. The van der Waals surface area contributed by atoms with Gasteiger partial charge in [-0.05, 0) is 46.3 Å². The highest BCUT2D eigenvalue weighted by atomic mass is 35.5. The van der Waals surface area contributed by atoms with Crippen LogP contribution in [0.1, 0.15) is 33.0 Å². The van der Waals surface area contributed by atoms with E-state index in [0.717, 1.165) is 24.2 Å². The molecule has 26 heavy (non-hydrogen) atoms. The quantitative estimate of drug-likeness (QED) is 0.696. The first-order valence-corrected chi connectivity index (χ1v) is 8.63. The van der Waals surface area contributed by atoms with Crippen LogP contribution in [-0.4, -0.2) is 40.8 Å². The van der Waals surface area contributed by atoms with Crippen molar-refractivity contribution < 1.29 is 4.79 Å². The summed E-state index contributed by atoms with van der Waals surface area (Å²) < 4.78 is 1.31. The van der Waals surface area contributed by atoms with E-state index in [1.807, 2.05) is 20.9 Å². The maximum atomic E-state index is 12.4. The molecular formula is C16H25Cl2N5O2S. The summed E-state index contributed by atoms with van der Waals surface area (Å²) in [6, 6.07) is 0. The standard InChI is InChI=1S/C16H23N5O2S.2ClH/c1-9-10(2)20-21(5)16(23)12(9)15-19-11(3)13(24-15)14(22)18-8-6-7-17-4;;/h17H,6-8H2,1-5H3,(H,18,22);2*1H. The molecule has 0 atom stereocenters. The fourth-order valence-corrected chi connectivity index (χ4v) is 3.44. The lowest BCUT2D eigenvalue weighted by atomic mass is 10.1. The molecule has 2 aromatic heterocycles. The average Bonchev–Trinajstić information content (AvgIpc) is 2.91. The zero-order chi connectivity index (χ0) is 17.9. The summed E-state index contributed by atoms with van der Waals surface area (Å²) in [5.74, 6) is -0.146. The molecule has 0 saturated heterocycles. The van der Waals surface area contributed by atoms with Crippen LogP contribution in [0.5, 0.6) is 0 Å². The van der Waals surface area contributed by atoms with Gasteiger partial charge in [0.05, 0.1) is 17.0 Å². The minimum absolute atomic E-state index is 0. The van der Waals surface area contributed by atoms with Crippen LogP contribution < -0.4 is 16.2 Å². The second kappa shape index (κ2) is 10.6. The van der Waals surface area contributed by atoms with Crippen LogP contribution in [0.4, 0.5) is 0 Å². The molecule has 2 aromatic rings. The van der Waals surface area contributed by atoms with Crippen molar-refractivity contribution in [1.82, 2.24) is 25.4 Å². The van der Waals surface area contributed by atoms with E-state index in [4.69, 9.17) is 0 Å². The van der Waals surface area contributed by atoms with Gasteiger partial charge < -0.3 is 10.6 Å². The average molecular weight is 422 g/mol. The van der Waals surface area contributed by atoms with Crippen LogP contribution in [0.2, 0.25) is 0 Å². The van der Waals surface area contributed by atoms with Gasteiger partial charge in [0.2, 0.25) is 0 Å². The number of nitrogens with zero attached hydrogens (tertiary/aromatic N) is 3. The summed E-state index contributed by atoms with van der Waals surface area (Å²) in [7, 11) is 3.50. The van der Waals surface area contributed by atoms with Gasteiger partial charge >= 0.3 is 0 Å². The van der Waals surface area contributed by atoms with E-state index in [0.29, 0.717) is 27.7 Å². The van der Waals surface area contributed by atoms with Crippen LogP contribution in [0.3, 0.4) is 0 Å². The summed E-state index contributed by atoms with van der Waals surface area (Å²) >= 11 is 1.25. The van der Waals surface area contributed by atoms with Gasteiger partial charge in [0.1, 0.15) is 9.88 Å². The topological polar surface area (TPSA) is 88.9 Å². The molecule has 0 bridgehead atoms. The first-order valence-electron chi connectivity index (χ1n) is 7.82. The first-order chi connectivity index (χ1) is 11.4. The smallest absolute Gasteiger partial charge is 0.277 e. The number of amides is 1. The molecule has 0 saturated carbocycles. The number of halogens is 2. The first kappa shape index (κ1) is 24.5. The molecule has 0 aliphatic rings. The number of carbonyl (C=O) groups excluding carboxylic acids is 1. The molecule has 146 valence electrons. The third kappa shape index (κ3) is 5.26. The number of hydrogen-bond donors (Lipinski definition) is 2. The van der Waals surface area contributed by atoms with Crippen molar-refractivity contribution in [3.8, 4) is 10.6 Å². The monoisotopic (exact) mass is 421 g/mol. The fourth-order valence-electron chi connectivity index (χ4n) is 2.36. The number of aromatic nitrogens is 3. The largest absolute Gasteiger partial charge is 0.351 e. The Balaban J connectivity index is 0.00000312. The number of carbonyl (C=O) groups is 1. The Morgan fingerprint density at radius 1 is 1.15 bits per heavy atom. The second-order valence-electron chi connectivity index (χ2n) is 5.66. The van der Waals surface area contributed by atoms with Gasteiger partial charge in [0.25, 0.3) is 11.5 Å². The highest BCUT2D eigenvalue weighted by Gasteiger charge is 2.20. The van der Waals surface area contributed by atoms with Gasteiger partial charge in [0.15, 0.2) is 0 Å². The molecular weight excluding hydrogens is 397 g/mol. The van der Waals surface area contributed by atoms with Gasteiger partial charge in [-0.1, -0.05) is 0 Å². The van der Waals surface area contributed by atoms with Crippen molar-refractivity contribution >= 4 is 42.1 Å². The van der Waals surface area contributed by atoms with E-state index in [1.54, 1.807) is 14.0 Å². The number of hydrogen-bond acceptors (Lipinski definition) is 6. The predicted molar refractivity (Wildman–Crippen MR) is 110 cm³/mol. The SMILES string of the molecule is CNCCCNC(=O)c1sc(-c2c(C)c(C)nn(C)c2=O)nc1C.Cl.Cl. The molecule has 0 unspecified atom stereocenters. The normalized spacial score (nSPS) is 10.0. The Hall–Kier alpha value is -1.48. The van der Waals surface area contributed by atoms with Crippen molar-refractivity contribution in [1.29, 1.82) is 0 Å². The summed E-state index contributed by atoms with van der Waals surface area (Å²) in [4.78, 5) is 29.8. The maximum absolute atomic E-state index is 12.4. The van der Waals surface area contributed by atoms with Crippen LogP contribution in [0, 0.1) is 20.8 Å². The molecule has 7 nitrogen and oxygen atoms in total. The minimum Gasteiger partial charge on any atom is -0.351 e. The van der Waals surface area contributed by atoms with Crippen molar-refractivity contribution in [2.24, 2.45) is 7.05 Å². The van der Waals surface area contributed by atoms with Crippen LogP contribution in [0.25, 0.3) is 10.6 Å². The summed E-state index contributed by atoms with van der Waals surface area (Å²) in [5, 5.41) is 10.7. The van der Waals surface area contributed by atoms with Crippen molar-refractivity contribution in [2.45, 2.75) is 27.2 Å². The molecule has 0 fully saturated rings. The van der Waals surface area contributed by atoms with Crippen LogP contribution >= 0.6 is 36.2 Å². The van der Waals surface area contributed by atoms with E-state index in [1.165, 1.54) is 16.0 Å². The van der Waals surface area contributed by atoms with Crippen LogP contribution in [-0.2, 0) is 7.05 Å². The fraction of sp³-hybridized carbons (Fsp3) is 0.500. The van der Waals surface area contributed by atoms with Gasteiger partial charge in [-0.25, -0.2) is 9.67 Å². The highest BCUT2D eigenvalue weighted by Crippen LogP contribution is 2.28. The zero-order valence-electron chi connectivity index (χ0n) is 15.5. The lowest BCUT2D eigenvalue weighted by molar-refractivity contribution is 0.0956. The molecule has 1 amide bonds. The number of thiazole rings is 1. The Morgan fingerprint density at radius 3 is 2.42 bits per heavy atom. The minimum atomic E-state index is -0.201. The molecule has 0 spiro atoms. The van der Waals surface area contributed by atoms with Crippen molar-refractivity contribution in [2.75, 3.05) is 20.1 Å². The molecule has 0 aliphatic heterocycles. The lowest BCUT2D eigenvalue weighted by Gasteiger charge is -2.07. The van der Waals surface area contributed by atoms with E-state index < -0.39 is 0 Å². The third-order valence-electron chi connectivity index (χ3n) is 3.83. The van der Waals surface area contributed by atoms with Crippen molar-refractivity contribution in [3.05, 3.63) is 32.2 Å². The van der Waals surface area contributed by atoms with E-state index in [2.05, 4.69) is 20.7 Å². The molecule has 10 heteroatoms. The van der Waals surface area contributed by atoms with E-state index in [-0.39, 0.29) is 36.3 Å². The molecule has 2 rings (SSSR count). The highest BCUT2D eigenvalue weighted by molar-refractivity contribution is 7.17. The summed E-state index contributed by atoms with van der Waals surface area (Å²) in [6.07, 6.45) is 0.857. The third-order valence-corrected chi connectivity index (χ3v) is 5.00. The lowest BCUT2D eigenvalue weighted by Crippen LogP contribution is -2.26. The molecule has 0 aliphatic carbocycles. The summed E-state index contributed by atoms with van der Waals surface area (Å²) in [5.41, 5.74) is 2.53. The van der Waals surface area contributed by atoms with Gasteiger partial charge in [-0.2, -0.15) is 5.10 Å². The number of rotatable bonds is 6. The predicted octanol–water partition coefficient (Wildman–Crippen LogP) is 2.01. The van der Waals surface area contributed by atoms with Gasteiger partial charge in [-0.3, -0.25) is 9.59 Å². The van der Waals surface area contributed by atoms with E-state index in [9.17, 15) is 9.59 Å². The Bertz CT molecular complexity index is 820. The molecule has 0 aromatic carbocycles. The Kier molecular flexibility index (Phi) is 10.0. The van der Waals surface area contributed by atoms with Gasteiger partial charge in [-0.15, -0.1) is 36.2 Å². The Labute approximate surface area is 169 Å². The van der Waals surface area contributed by atoms with Crippen LogP contribution in [0.15, 0.2) is 4.79 Å². The van der Waals surface area contributed by atoms with Gasteiger partial charge in [0, 0.05) is 13.6 Å². The summed E-state index contributed by atoms with van der Waals surface area (Å²) in [6.45, 7) is 6.94. The van der Waals surface area contributed by atoms with Crippen molar-refractivity contribution in [3.63, 3.8) is 0 Å². The molecule has 2 heterocycles. The number of aryl methyl sites for hydroxylation is 3.